The summed E-state index contributed by atoms with van der Waals surface area (Å²) in [5, 5.41) is 10.3. The minimum absolute atomic E-state index is 0.284. The highest BCUT2D eigenvalue weighted by molar-refractivity contribution is 5.96. The van der Waals surface area contributed by atoms with Crippen molar-refractivity contribution >= 4 is 112 Å². The number of aromatic nitrogens is 7. The van der Waals surface area contributed by atoms with Crippen molar-refractivity contribution in [1.82, 2.24) is 64.7 Å². The highest BCUT2D eigenvalue weighted by Crippen LogP contribution is 2.36. The van der Waals surface area contributed by atoms with Gasteiger partial charge in [-0.25, -0.2) is 0 Å². The second-order valence-corrected chi connectivity index (χ2v) is 31.7. The molecule has 0 atom stereocenters. The zero-order valence-electron chi connectivity index (χ0n) is 78.7. The third-order valence-corrected chi connectivity index (χ3v) is 21.6. The van der Waals surface area contributed by atoms with Crippen molar-refractivity contribution in [2.45, 2.75) is 121 Å². The van der Waals surface area contributed by atoms with E-state index in [1.807, 2.05) is 186 Å². The van der Waals surface area contributed by atoms with Gasteiger partial charge < -0.3 is 98.7 Å². The number of rotatable bonds is 36. The third kappa shape index (κ3) is 30.7. The Morgan fingerprint density at radius 3 is 0.838 bits per heavy atom. The Hall–Kier alpha value is -12.9. The van der Waals surface area contributed by atoms with E-state index in [1.165, 1.54) is 74.7 Å². The van der Waals surface area contributed by atoms with Crippen molar-refractivity contribution in [3.8, 4) is 40.2 Å². The number of nitrogens with zero attached hydrogens (tertiary/aromatic N) is 5. The average Bonchev–Trinajstić information content (AvgIpc) is 1.27. The molecule has 14 aromatic rings. The number of hydrogen-bond donors (Lipinski definition) is 9. The number of esters is 6. The molecule has 0 aliphatic heterocycles. The van der Waals surface area contributed by atoms with Crippen LogP contribution in [0.25, 0.3) is 76.3 Å². The van der Waals surface area contributed by atoms with E-state index in [9.17, 15) is 28.8 Å². The monoisotopic (exact) mass is 1780 g/mol. The number of hydrogen-bond acceptors (Lipinski definition) is 20. The van der Waals surface area contributed by atoms with Crippen molar-refractivity contribution in [3.05, 3.63) is 235 Å². The Kier molecular flexibility index (Phi) is 41.9. The second-order valence-electron chi connectivity index (χ2n) is 31.7. The van der Waals surface area contributed by atoms with Gasteiger partial charge in [0.05, 0.1) is 7.11 Å². The first kappa shape index (κ1) is 103. The highest BCUT2D eigenvalue weighted by Gasteiger charge is 2.20. The van der Waals surface area contributed by atoms with E-state index in [2.05, 4.69) is 132 Å². The van der Waals surface area contributed by atoms with Crippen LogP contribution in [0.3, 0.4) is 0 Å². The zero-order valence-corrected chi connectivity index (χ0v) is 78.7. The van der Waals surface area contributed by atoms with Gasteiger partial charge in [0.2, 0.25) is 0 Å². The summed E-state index contributed by atoms with van der Waals surface area (Å²) in [4.78, 5) is 101. The minimum Gasteiger partial charge on any atom is -0.496 e. The number of methoxy groups -OCH3 is 1. The fourth-order valence-corrected chi connectivity index (χ4v) is 15.3. The first-order valence-corrected chi connectivity index (χ1v) is 44.5. The maximum atomic E-state index is 11.2. The number of likely N-dealkylation sites (N-methyl/N-ethyl adjacent to an activating group) is 5. The standard InChI is InChI=1S/C17H22N2O.2C16H22N2O2.C15H20N2O2.C14H18N2O2.C13H16N2O2.C12H14N2O2/c1-4-10-19(11-5-2)12-9-14-13-18-15-7-6-8-16(20-3)17(14)15;1-4-9-18(3)10-8-13-11-17-14-6-5-7-15(16(13)14)20-12(2)19;1-4-18(5-2)10-9-13-11-17-14-7-6-8-15(16(13)14)20-12(3)19;1-4-17(3)9-8-12-10-16-13-6-5-7-14(15(12)13)19-11(2)18;1-10(17)18-13-6-4-5-12-14(13)11(9-15-12)7-8-16(2)3;1-9(16)17-12-5-3-4-11-13(12)10(8-15-11)6-7-14-2;1-8(15)16-11-4-2-3-10-12(11)9(5-6-13)7-14-10/h4-8,13,18H,1-2,9-12H2,3H3;5-7,11,17H,4,8-10H2,1-3H3;6-8,11,17H,4-5,9-10H2,1-3H3;5-7,10,16H,4,8-9H2,1-3H3;4-6,9,15H,7-8H2,1-3H3;3-5,8,14-15H,6-7H2,1-2H3;2-4,7,14H,5-6,13H2,1H3. The van der Waals surface area contributed by atoms with Crippen LogP contribution in [0.2, 0.25) is 0 Å². The first-order valence-electron chi connectivity index (χ1n) is 44.5. The molecule has 130 heavy (non-hydrogen) atoms. The Balaban J connectivity index is 0.000000187. The van der Waals surface area contributed by atoms with Gasteiger partial charge in [-0.05, 0) is 250 Å². The van der Waals surface area contributed by atoms with Gasteiger partial charge in [0.25, 0.3) is 0 Å². The summed E-state index contributed by atoms with van der Waals surface area (Å²) in [5.74, 6) is 2.96. The molecule has 0 saturated carbocycles. The van der Waals surface area contributed by atoms with Gasteiger partial charge in [-0.15, -0.1) is 13.2 Å². The molecule has 0 radical (unpaired) electrons. The van der Waals surface area contributed by atoms with Gasteiger partial charge in [-0.2, -0.15) is 0 Å². The number of H-pyrrole nitrogens is 7. The lowest BCUT2D eigenvalue weighted by atomic mass is 10.1. The molecule has 27 nitrogen and oxygen atoms in total. The van der Waals surface area contributed by atoms with E-state index in [-0.39, 0.29) is 35.8 Å². The van der Waals surface area contributed by atoms with Crippen LogP contribution in [-0.2, 0) is 73.7 Å². The van der Waals surface area contributed by atoms with Crippen molar-refractivity contribution < 1.29 is 61.9 Å². The van der Waals surface area contributed by atoms with Gasteiger partial charge in [0.15, 0.2) is 0 Å². The molecule has 0 unspecified atom stereocenters. The van der Waals surface area contributed by atoms with Gasteiger partial charge in [0, 0.05) is 207 Å². The number of aromatic amines is 7. The molecule has 7 heterocycles. The summed E-state index contributed by atoms with van der Waals surface area (Å²) in [6, 6.07) is 40.2. The van der Waals surface area contributed by atoms with Crippen LogP contribution in [0.5, 0.6) is 40.2 Å². The molecular weight excluding hydrogens is 1640 g/mol. The molecule has 27 heteroatoms. The number of fused-ring (bicyclic) bond motifs is 7. The Morgan fingerprint density at radius 1 is 0.338 bits per heavy atom. The summed E-state index contributed by atoms with van der Waals surface area (Å²) in [5.41, 5.74) is 20.9. The van der Waals surface area contributed by atoms with E-state index in [0.29, 0.717) is 41.0 Å². The van der Waals surface area contributed by atoms with Crippen molar-refractivity contribution in [1.29, 1.82) is 0 Å². The first-order chi connectivity index (χ1) is 62.7. The number of benzene rings is 7. The molecule has 7 aromatic carbocycles. The van der Waals surface area contributed by atoms with E-state index >= 15 is 0 Å². The zero-order chi connectivity index (χ0) is 94.2. The Labute approximate surface area is 763 Å². The van der Waals surface area contributed by atoms with Crippen LogP contribution in [-0.4, -0.2) is 223 Å². The van der Waals surface area contributed by atoms with Crippen LogP contribution in [0, 0.1) is 0 Å². The van der Waals surface area contributed by atoms with Crippen LogP contribution in [0.1, 0.15) is 115 Å². The quantitative estimate of drug-likeness (QED) is 0.0100. The average molecular weight is 1780 g/mol. The molecule has 7 aromatic heterocycles. The second kappa shape index (κ2) is 53.2. The normalized spacial score (nSPS) is 11.0. The summed E-state index contributed by atoms with van der Waals surface area (Å²) in [6.45, 7) is 37.2. The molecule has 14 rings (SSSR count). The molecule has 0 fully saturated rings. The fraction of sp³-hybridized carbons (Fsp3) is 0.359. The predicted molar refractivity (Wildman–Crippen MR) is 526 cm³/mol. The Bertz CT molecular complexity index is 5950. The molecule has 0 amide bonds. The van der Waals surface area contributed by atoms with Gasteiger partial charge in [0.1, 0.15) is 40.2 Å². The fourth-order valence-electron chi connectivity index (χ4n) is 15.3. The van der Waals surface area contributed by atoms with E-state index in [1.54, 1.807) is 13.2 Å². The van der Waals surface area contributed by atoms with Crippen LogP contribution in [0.15, 0.2) is 196 Å². The predicted octanol–water partition coefficient (Wildman–Crippen LogP) is 17.6. The molecule has 10 N–H and O–H groups in total. The smallest absolute Gasteiger partial charge is 0.308 e. The number of nitrogens with one attached hydrogen (secondary N) is 8. The molecule has 0 saturated heterocycles. The largest absolute Gasteiger partial charge is 0.496 e. The lowest BCUT2D eigenvalue weighted by Gasteiger charge is -2.18. The highest BCUT2D eigenvalue weighted by atomic mass is 16.6. The molecule has 694 valence electrons. The molecular formula is C103H134N14O13. The van der Waals surface area contributed by atoms with Crippen molar-refractivity contribution in [2.24, 2.45) is 5.73 Å². The van der Waals surface area contributed by atoms with Crippen molar-refractivity contribution in [2.75, 3.05) is 127 Å². The maximum Gasteiger partial charge on any atom is 0.308 e. The topological polar surface area (TPSA) is 332 Å². The molecule has 0 aliphatic carbocycles. The summed E-state index contributed by atoms with van der Waals surface area (Å²) in [6.07, 6.45) is 25.4. The van der Waals surface area contributed by atoms with Crippen LogP contribution in [0.4, 0.5) is 0 Å². The van der Waals surface area contributed by atoms with Gasteiger partial charge in [-0.1, -0.05) is 82.3 Å². The Morgan fingerprint density at radius 2 is 0.592 bits per heavy atom. The summed E-state index contributed by atoms with van der Waals surface area (Å²) in [7, 11) is 12.0. The molecule has 0 bridgehead atoms. The van der Waals surface area contributed by atoms with Gasteiger partial charge >= 0.3 is 35.8 Å². The molecule has 0 spiro atoms. The van der Waals surface area contributed by atoms with Crippen LogP contribution >= 0.6 is 0 Å². The lowest BCUT2D eigenvalue weighted by Crippen LogP contribution is -2.26. The molecule has 0 aliphatic rings. The number of carbonyl (C=O) groups is 6. The van der Waals surface area contributed by atoms with Crippen LogP contribution < -0.4 is 44.2 Å². The third-order valence-electron chi connectivity index (χ3n) is 21.6. The number of carbonyl (C=O) groups excluding carboxylic acids is 6. The lowest BCUT2D eigenvalue weighted by molar-refractivity contribution is -0.132. The number of ether oxygens (including phenoxy) is 7. The summed E-state index contributed by atoms with van der Waals surface area (Å²) < 4.78 is 37.0. The number of nitrogens with two attached hydrogens (primary N) is 1. The van der Waals surface area contributed by atoms with Gasteiger partial charge in [-0.3, -0.25) is 33.7 Å². The SMILES string of the molecule is C=CCN(CC=C)CCc1c[nH]c2cccc(OC)c12.CC(=O)Oc1cccc2[nH]cc(CCN(C)C)c12.CC(=O)Oc1cccc2[nH]cc(CCN)c12.CCCN(C)CCc1c[nH]c2cccc(OC(C)=O)c12.CCN(C)CCc1c[nH]c2cccc(OC(C)=O)c12.CCN(CC)CCc1c[nH]c2cccc(OC(C)=O)c12.CNCCc1c[nH]c2cccc(OC(C)=O)c12. The maximum absolute atomic E-state index is 11.2. The minimum atomic E-state index is -0.313. The van der Waals surface area contributed by atoms with E-state index in [0.717, 1.165) is 218 Å². The summed E-state index contributed by atoms with van der Waals surface area (Å²) >= 11 is 0. The van der Waals surface area contributed by atoms with E-state index < -0.39 is 0 Å². The van der Waals surface area contributed by atoms with Crippen molar-refractivity contribution in [3.63, 3.8) is 0 Å². The van der Waals surface area contributed by atoms with E-state index in [4.69, 9.17) is 38.9 Å².